The highest BCUT2D eigenvalue weighted by Crippen LogP contribution is 2.26. The van der Waals surface area contributed by atoms with E-state index < -0.39 is 24.0 Å². The summed E-state index contributed by atoms with van der Waals surface area (Å²) in [7, 11) is 0. The highest BCUT2D eigenvalue weighted by atomic mass is 16.4. The van der Waals surface area contributed by atoms with Gasteiger partial charge in [0.2, 0.25) is 0 Å². The number of carboxylic acids is 2. The van der Waals surface area contributed by atoms with Gasteiger partial charge in [-0.1, -0.05) is 39.3 Å². The van der Waals surface area contributed by atoms with Crippen LogP contribution < -0.4 is 5.11 Å². The minimum atomic E-state index is -1.24. The normalized spacial score (nSPS) is 16.7. The molecule has 2 N–H and O–H groups in total. The van der Waals surface area contributed by atoms with Crippen LogP contribution in [0.5, 0.6) is 0 Å². The minimum Gasteiger partial charge on any atom is -0.544 e. The lowest BCUT2D eigenvalue weighted by atomic mass is 10.00. The molecule has 0 aromatic carbocycles. The third kappa shape index (κ3) is 6.24. The Morgan fingerprint density at radius 1 is 1.04 bits per heavy atom. The third-order valence-corrected chi connectivity index (χ3v) is 4.66. The van der Waals surface area contributed by atoms with E-state index in [1.165, 1.54) is 0 Å². The molecule has 0 radical (unpaired) electrons. The molecular formula is C18H33NO5. The lowest BCUT2D eigenvalue weighted by Gasteiger charge is -2.48. The number of carboxylic acid groups (broad SMARTS) is 2. The Morgan fingerprint density at radius 3 is 2.04 bits per heavy atom. The van der Waals surface area contributed by atoms with Crippen LogP contribution in [0.2, 0.25) is 0 Å². The van der Waals surface area contributed by atoms with Gasteiger partial charge in [0.05, 0.1) is 19.1 Å². The van der Waals surface area contributed by atoms with Crippen molar-refractivity contribution in [3.8, 4) is 0 Å². The number of hydrogen-bond donors (Lipinski definition) is 2. The molecule has 0 aliphatic rings. The maximum absolute atomic E-state index is 11.7. The summed E-state index contributed by atoms with van der Waals surface area (Å²) >= 11 is 0. The van der Waals surface area contributed by atoms with Gasteiger partial charge in [0.25, 0.3) is 0 Å². The Balaban J connectivity index is 5.48. The maximum atomic E-state index is 11.7. The molecule has 3 atom stereocenters. The summed E-state index contributed by atoms with van der Waals surface area (Å²) in [6.07, 6.45) is 8.24. The van der Waals surface area contributed by atoms with Gasteiger partial charge in [0.15, 0.2) is 6.04 Å². The molecule has 0 rings (SSSR count). The zero-order valence-electron chi connectivity index (χ0n) is 15.2. The molecular weight excluding hydrogens is 310 g/mol. The molecule has 0 saturated heterocycles. The number of aliphatic carboxylic acids is 2. The number of rotatable bonds is 14. The first-order valence-corrected chi connectivity index (χ1v) is 8.97. The Morgan fingerprint density at radius 2 is 1.62 bits per heavy atom. The summed E-state index contributed by atoms with van der Waals surface area (Å²) in [6, 6.07) is -1.79. The molecule has 24 heavy (non-hydrogen) atoms. The first-order valence-electron chi connectivity index (χ1n) is 8.97. The topological polar surface area (TPSA) is 97.7 Å². The van der Waals surface area contributed by atoms with Crippen LogP contribution in [0, 0.1) is 0 Å². The van der Waals surface area contributed by atoms with Gasteiger partial charge < -0.3 is 24.6 Å². The van der Waals surface area contributed by atoms with E-state index in [0.29, 0.717) is 19.4 Å². The first-order chi connectivity index (χ1) is 11.4. The number of carbonyl (C=O) groups excluding carboxylic acids is 1. The quantitative estimate of drug-likeness (QED) is 0.282. The van der Waals surface area contributed by atoms with Crippen molar-refractivity contribution in [3.63, 3.8) is 0 Å². The smallest absolute Gasteiger partial charge is 0.362 e. The fourth-order valence-corrected chi connectivity index (χ4v) is 3.54. The van der Waals surface area contributed by atoms with Crippen molar-refractivity contribution in [3.05, 3.63) is 12.2 Å². The average molecular weight is 343 g/mol. The lowest BCUT2D eigenvalue weighted by molar-refractivity contribution is -0.960. The highest BCUT2D eigenvalue weighted by Gasteiger charge is 2.46. The standard InChI is InChI=1S/C18H33NO5/c1-4-7-8-9-10-11-12-19(13-14-20,15(5-2)17(21)22)16(6-3)18(23)24/h8-9,15-16,20H,4-7,10-14H2,1-3H3,(H-,21,22,23,24)/b9-8+. The van der Waals surface area contributed by atoms with Gasteiger partial charge in [0.1, 0.15) is 12.6 Å². The SMILES string of the molecule is CCC/C=C/CCC[N+](CCO)(C(CC)C(=O)[O-])C(CC)C(=O)O. The van der Waals surface area contributed by atoms with E-state index in [1.807, 2.05) is 0 Å². The Labute approximate surface area is 145 Å². The molecule has 0 spiro atoms. The number of carbonyl (C=O) groups is 2. The Bertz CT molecular complexity index is 386. The molecule has 0 bridgehead atoms. The van der Waals surface area contributed by atoms with Crippen LogP contribution in [0.25, 0.3) is 0 Å². The Hall–Kier alpha value is -1.40. The van der Waals surface area contributed by atoms with Gasteiger partial charge in [-0.15, -0.1) is 0 Å². The van der Waals surface area contributed by atoms with Crippen molar-refractivity contribution in [2.24, 2.45) is 0 Å². The lowest BCUT2D eigenvalue weighted by Crippen LogP contribution is -2.69. The molecule has 0 aliphatic carbocycles. The summed E-state index contributed by atoms with van der Waals surface area (Å²) in [4.78, 5) is 23.4. The molecule has 140 valence electrons. The van der Waals surface area contributed by atoms with E-state index in [9.17, 15) is 24.9 Å². The van der Waals surface area contributed by atoms with Crippen LogP contribution in [0.15, 0.2) is 12.2 Å². The van der Waals surface area contributed by atoms with Crippen molar-refractivity contribution >= 4 is 11.9 Å². The van der Waals surface area contributed by atoms with Crippen molar-refractivity contribution in [1.82, 2.24) is 0 Å². The van der Waals surface area contributed by atoms with Gasteiger partial charge >= 0.3 is 5.97 Å². The van der Waals surface area contributed by atoms with Crippen molar-refractivity contribution in [2.75, 3.05) is 19.7 Å². The number of hydrogen-bond acceptors (Lipinski definition) is 4. The molecule has 6 heteroatoms. The Kier molecular flexibility index (Phi) is 11.3. The zero-order valence-corrected chi connectivity index (χ0v) is 15.2. The number of unbranched alkanes of at least 4 members (excludes halogenated alkanes) is 2. The minimum absolute atomic E-state index is 0.107. The molecule has 0 aliphatic heterocycles. The summed E-state index contributed by atoms with van der Waals surface area (Å²) in [6.45, 7) is 5.81. The van der Waals surface area contributed by atoms with Crippen molar-refractivity contribution < 1.29 is 29.4 Å². The van der Waals surface area contributed by atoms with Crippen LogP contribution >= 0.6 is 0 Å². The number of aliphatic hydroxyl groups excluding tert-OH is 1. The van der Waals surface area contributed by atoms with E-state index in [-0.39, 0.29) is 24.1 Å². The van der Waals surface area contributed by atoms with E-state index >= 15 is 0 Å². The zero-order chi connectivity index (χ0) is 18.6. The molecule has 0 amide bonds. The second-order valence-electron chi connectivity index (χ2n) is 6.18. The number of aliphatic hydroxyl groups is 1. The summed E-state index contributed by atoms with van der Waals surface area (Å²) in [5, 5.41) is 30.8. The number of allylic oxidation sites excluding steroid dienone is 2. The van der Waals surface area contributed by atoms with Crippen LogP contribution in [-0.4, -0.2) is 58.4 Å². The predicted molar refractivity (Wildman–Crippen MR) is 91.2 cm³/mol. The first kappa shape index (κ1) is 22.6. The van der Waals surface area contributed by atoms with Crippen molar-refractivity contribution in [1.29, 1.82) is 0 Å². The van der Waals surface area contributed by atoms with Gasteiger partial charge in [0, 0.05) is 19.3 Å². The van der Waals surface area contributed by atoms with Crippen LogP contribution in [0.1, 0.15) is 59.3 Å². The monoisotopic (exact) mass is 343 g/mol. The molecule has 0 saturated carbocycles. The molecule has 3 unspecified atom stereocenters. The number of quaternary nitrogens is 1. The molecule has 0 heterocycles. The van der Waals surface area contributed by atoms with E-state index in [4.69, 9.17) is 0 Å². The molecule has 0 aromatic heterocycles. The summed E-state index contributed by atoms with van der Waals surface area (Å²) < 4.78 is -0.150. The fraction of sp³-hybridized carbons (Fsp3) is 0.778. The second-order valence-corrected chi connectivity index (χ2v) is 6.18. The number of nitrogens with zero attached hydrogens (tertiary/aromatic N) is 1. The van der Waals surface area contributed by atoms with Crippen LogP contribution in [-0.2, 0) is 9.59 Å². The fourth-order valence-electron chi connectivity index (χ4n) is 3.54. The van der Waals surface area contributed by atoms with Crippen molar-refractivity contribution in [2.45, 2.75) is 71.4 Å². The van der Waals surface area contributed by atoms with Gasteiger partial charge in [-0.05, 0) is 12.8 Å². The average Bonchev–Trinajstić information content (AvgIpc) is 2.51. The van der Waals surface area contributed by atoms with Gasteiger partial charge in [-0.2, -0.15) is 0 Å². The van der Waals surface area contributed by atoms with Crippen LogP contribution in [0.3, 0.4) is 0 Å². The van der Waals surface area contributed by atoms with E-state index in [0.717, 1.165) is 19.3 Å². The molecule has 0 aromatic rings. The second kappa shape index (κ2) is 12.0. The highest BCUT2D eigenvalue weighted by molar-refractivity contribution is 5.74. The molecule has 6 nitrogen and oxygen atoms in total. The van der Waals surface area contributed by atoms with Gasteiger partial charge in [-0.3, -0.25) is 0 Å². The third-order valence-electron chi connectivity index (χ3n) is 4.66. The largest absolute Gasteiger partial charge is 0.544 e. The maximum Gasteiger partial charge on any atom is 0.362 e. The summed E-state index contributed by atoms with van der Waals surface area (Å²) in [5.74, 6) is -2.26. The van der Waals surface area contributed by atoms with Crippen LogP contribution in [0.4, 0.5) is 0 Å². The summed E-state index contributed by atoms with van der Waals surface area (Å²) in [5.41, 5.74) is 0. The molecule has 0 fully saturated rings. The van der Waals surface area contributed by atoms with E-state index in [1.54, 1.807) is 13.8 Å². The van der Waals surface area contributed by atoms with Gasteiger partial charge in [-0.25, -0.2) is 4.79 Å². The predicted octanol–water partition coefficient (Wildman–Crippen LogP) is 1.32. The van der Waals surface area contributed by atoms with E-state index in [2.05, 4.69) is 19.1 Å².